The summed E-state index contributed by atoms with van der Waals surface area (Å²) in [5.74, 6) is 0.767. The van der Waals surface area contributed by atoms with E-state index in [0.717, 1.165) is 11.1 Å². The van der Waals surface area contributed by atoms with Gasteiger partial charge in [-0.25, -0.2) is 18.4 Å². The maximum atomic E-state index is 13.8. The summed E-state index contributed by atoms with van der Waals surface area (Å²) >= 11 is 0. The molecule has 7 nitrogen and oxygen atoms in total. The number of nitrogens with two attached hydrogens (primary N) is 1. The molecule has 3 aromatic carbocycles. The minimum absolute atomic E-state index is 0.0312. The molecule has 0 spiro atoms. The van der Waals surface area contributed by atoms with Crippen molar-refractivity contribution in [3.05, 3.63) is 83.9 Å². The molecule has 0 fully saturated rings. The summed E-state index contributed by atoms with van der Waals surface area (Å²) in [5.41, 5.74) is 10.1. The third-order valence-corrected chi connectivity index (χ3v) is 7.45. The van der Waals surface area contributed by atoms with Crippen LogP contribution in [-0.2, 0) is 16.4 Å². The van der Waals surface area contributed by atoms with Crippen molar-refractivity contribution < 1.29 is 13.2 Å². The smallest absolute Gasteiger partial charge is 0.212 e. The molecule has 8 heteroatoms. The first-order chi connectivity index (χ1) is 15.9. The van der Waals surface area contributed by atoms with Crippen molar-refractivity contribution >= 4 is 37.9 Å². The number of methoxy groups -OCH3 is 1. The lowest BCUT2D eigenvalue weighted by atomic mass is 10.2. The molecule has 0 bridgehead atoms. The largest absolute Gasteiger partial charge is 0.496 e. The molecule has 0 saturated heterocycles. The molecule has 166 valence electrons. The molecular weight excluding hydrogens is 436 g/mol. The summed E-state index contributed by atoms with van der Waals surface area (Å²) in [6.07, 6.45) is 0. The van der Waals surface area contributed by atoms with Crippen LogP contribution in [-0.4, -0.2) is 30.1 Å². The predicted molar refractivity (Wildman–Crippen MR) is 128 cm³/mol. The molecule has 2 heterocycles. The zero-order chi connectivity index (χ0) is 23.2. The lowest BCUT2D eigenvalue weighted by Crippen LogP contribution is -2.09. The Hall–Kier alpha value is -3.91. The maximum absolute atomic E-state index is 13.8. The van der Waals surface area contributed by atoms with Crippen molar-refractivity contribution in [1.29, 1.82) is 0 Å². The second-order valence-corrected chi connectivity index (χ2v) is 9.70. The van der Waals surface area contributed by atoms with E-state index in [1.165, 1.54) is 0 Å². The van der Waals surface area contributed by atoms with Crippen molar-refractivity contribution in [3.8, 4) is 5.75 Å². The fourth-order valence-corrected chi connectivity index (χ4v) is 5.63. The van der Waals surface area contributed by atoms with Crippen LogP contribution >= 0.6 is 0 Å². The lowest BCUT2D eigenvalue weighted by molar-refractivity contribution is 0.408. The number of nitrogens with zero attached hydrogens (tertiary/aromatic N) is 3. The summed E-state index contributed by atoms with van der Waals surface area (Å²) in [5, 5.41) is 0. The van der Waals surface area contributed by atoms with E-state index in [1.807, 2.05) is 55.5 Å². The van der Waals surface area contributed by atoms with Gasteiger partial charge >= 0.3 is 0 Å². The van der Waals surface area contributed by atoms with Gasteiger partial charge in [0.15, 0.2) is 5.65 Å². The molecule has 0 atom stereocenters. The fraction of sp³-hybridized carbons (Fsp3) is 0.120. The van der Waals surface area contributed by atoms with Gasteiger partial charge in [0, 0.05) is 5.56 Å². The third kappa shape index (κ3) is 3.48. The van der Waals surface area contributed by atoms with Crippen molar-refractivity contribution in [2.45, 2.75) is 23.3 Å². The van der Waals surface area contributed by atoms with Gasteiger partial charge in [0.1, 0.15) is 22.0 Å². The fourth-order valence-electron chi connectivity index (χ4n) is 4.02. The molecule has 0 radical (unpaired) electrons. The first kappa shape index (κ1) is 21.0. The topological polar surface area (TPSA) is 100 Å². The summed E-state index contributed by atoms with van der Waals surface area (Å²) in [6, 6.07) is 21.6. The van der Waals surface area contributed by atoms with Gasteiger partial charge in [-0.1, -0.05) is 42.5 Å². The molecule has 0 amide bonds. The number of hydrogen-bond donors (Lipinski definition) is 1. The van der Waals surface area contributed by atoms with Crippen LogP contribution in [0.3, 0.4) is 0 Å². The molecule has 33 heavy (non-hydrogen) atoms. The van der Waals surface area contributed by atoms with Crippen LogP contribution in [0.25, 0.3) is 22.2 Å². The van der Waals surface area contributed by atoms with E-state index in [1.54, 1.807) is 35.9 Å². The molecule has 0 unspecified atom stereocenters. The molecular formula is C25H22N4O3S. The quantitative estimate of drug-likeness (QED) is 0.420. The van der Waals surface area contributed by atoms with Crippen molar-refractivity contribution in [2.24, 2.45) is 0 Å². The number of anilines is 1. The van der Waals surface area contributed by atoms with E-state index in [9.17, 15) is 8.42 Å². The highest BCUT2D eigenvalue weighted by molar-refractivity contribution is 7.92. The number of sulfone groups is 1. The van der Waals surface area contributed by atoms with E-state index in [-0.39, 0.29) is 27.7 Å². The first-order valence-electron chi connectivity index (χ1n) is 10.4. The number of para-hydroxylation sites is 3. The second kappa shape index (κ2) is 7.90. The Morgan fingerprint density at radius 3 is 2.36 bits per heavy atom. The number of benzene rings is 3. The van der Waals surface area contributed by atoms with Crippen LogP contribution in [0.4, 0.5) is 5.82 Å². The van der Waals surface area contributed by atoms with Crippen LogP contribution in [0.5, 0.6) is 5.75 Å². The minimum atomic E-state index is -3.95. The number of rotatable bonds is 5. The van der Waals surface area contributed by atoms with Gasteiger partial charge in [0.05, 0.1) is 29.6 Å². The molecule has 0 aliphatic heterocycles. The van der Waals surface area contributed by atoms with E-state index < -0.39 is 9.84 Å². The molecule has 0 saturated carbocycles. The van der Waals surface area contributed by atoms with E-state index in [0.29, 0.717) is 22.4 Å². The maximum Gasteiger partial charge on any atom is 0.212 e. The predicted octanol–water partition coefficient (Wildman–Crippen LogP) is 4.36. The Morgan fingerprint density at radius 2 is 1.64 bits per heavy atom. The number of aromatic nitrogens is 3. The first-order valence-corrected chi connectivity index (χ1v) is 11.9. The lowest BCUT2D eigenvalue weighted by Gasteiger charge is -2.12. The molecule has 5 aromatic rings. The zero-order valence-corrected chi connectivity index (χ0v) is 19.0. The Kier molecular flexibility index (Phi) is 5.02. The Morgan fingerprint density at radius 1 is 0.939 bits per heavy atom. The van der Waals surface area contributed by atoms with Crippen LogP contribution in [0, 0.1) is 6.92 Å². The number of fused-ring (bicyclic) bond motifs is 2. The molecule has 2 N–H and O–H groups in total. The number of aryl methyl sites for hydroxylation is 1. The van der Waals surface area contributed by atoms with Crippen molar-refractivity contribution in [2.75, 3.05) is 12.8 Å². The van der Waals surface area contributed by atoms with Crippen molar-refractivity contribution in [3.63, 3.8) is 0 Å². The van der Waals surface area contributed by atoms with Crippen LogP contribution < -0.4 is 10.5 Å². The molecule has 5 rings (SSSR count). The van der Waals surface area contributed by atoms with Crippen LogP contribution in [0.1, 0.15) is 11.1 Å². The van der Waals surface area contributed by atoms with Crippen molar-refractivity contribution in [1.82, 2.24) is 14.5 Å². The highest BCUT2D eigenvalue weighted by Crippen LogP contribution is 2.36. The standard InChI is InChI=1S/C25H22N4O3S/c1-16-8-7-10-18(14-16)33(30,31)23-22-25(28-20-12-5-4-11-19(20)27-22)29(24(23)26)15-17-9-3-6-13-21(17)32-2/h3-14H,15,26H2,1-2H3. The summed E-state index contributed by atoms with van der Waals surface area (Å²) < 4.78 is 34.7. The van der Waals surface area contributed by atoms with E-state index in [4.69, 9.17) is 15.5 Å². The Labute approximate surface area is 191 Å². The molecule has 2 aromatic heterocycles. The zero-order valence-electron chi connectivity index (χ0n) is 18.2. The normalized spacial score (nSPS) is 11.8. The van der Waals surface area contributed by atoms with E-state index in [2.05, 4.69) is 4.98 Å². The third-order valence-electron chi connectivity index (χ3n) is 5.64. The van der Waals surface area contributed by atoms with Gasteiger partial charge < -0.3 is 15.0 Å². The second-order valence-electron chi connectivity index (χ2n) is 7.82. The number of ether oxygens (including phenoxy) is 1. The van der Waals surface area contributed by atoms with E-state index >= 15 is 0 Å². The summed E-state index contributed by atoms with van der Waals surface area (Å²) in [4.78, 5) is 9.57. The average Bonchev–Trinajstić information content (AvgIpc) is 3.08. The summed E-state index contributed by atoms with van der Waals surface area (Å²) in [6.45, 7) is 2.13. The van der Waals surface area contributed by atoms with Gasteiger partial charge in [-0.05, 0) is 42.8 Å². The minimum Gasteiger partial charge on any atom is -0.496 e. The van der Waals surface area contributed by atoms with Gasteiger partial charge in [0.2, 0.25) is 9.84 Å². The SMILES string of the molecule is COc1ccccc1Cn1c(N)c(S(=O)(=O)c2cccc(C)c2)c2nc3ccccc3nc21. The highest BCUT2D eigenvalue weighted by Gasteiger charge is 2.30. The number of nitrogen functional groups attached to an aromatic ring is 1. The Balaban J connectivity index is 1.83. The molecule has 0 aliphatic carbocycles. The van der Waals surface area contributed by atoms with Crippen LogP contribution in [0.15, 0.2) is 82.6 Å². The monoisotopic (exact) mass is 458 g/mol. The number of hydrogen-bond acceptors (Lipinski definition) is 6. The summed E-state index contributed by atoms with van der Waals surface area (Å²) in [7, 11) is -2.36. The van der Waals surface area contributed by atoms with Gasteiger partial charge in [0.25, 0.3) is 0 Å². The molecule has 0 aliphatic rings. The van der Waals surface area contributed by atoms with Gasteiger partial charge in [-0.3, -0.25) is 0 Å². The van der Waals surface area contributed by atoms with Gasteiger partial charge in [-0.15, -0.1) is 0 Å². The van der Waals surface area contributed by atoms with Crippen LogP contribution in [0.2, 0.25) is 0 Å². The highest BCUT2D eigenvalue weighted by atomic mass is 32.2. The Bertz CT molecular complexity index is 1620. The van der Waals surface area contributed by atoms with Gasteiger partial charge in [-0.2, -0.15) is 0 Å². The average molecular weight is 459 g/mol.